The molecular weight excluding hydrogens is 542 g/mol. The van der Waals surface area contributed by atoms with E-state index in [9.17, 15) is 22.0 Å². The normalized spacial score (nSPS) is 11.2. The quantitative estimate of drug-likeness (QED) is 0.330. The highest BCUT2D eigenvalue weighted by atomic mass is 32.2. The number of sulfonamides is 1. The largest absolute Gasteiger partial charge is 0.495 e. The van der Waals surface area contributed by atoms with E-state index in [0.717, 1.165) is 16.4 Å². The summed E-state index contributed by atoms with van der Waals surface area (Å²) in [7, 11) is -0.440. The predicted octanol–water partition coefficient (Wildman–Crippen LogP) is 5.70. The van der Waals surface area contributed by atoms with Gasteiger partial charge in [-0.2, -0.15) is 0 Å². The monoisotopic (exact) mass is 580 g/mol. The summed E-state index contributed by atoms with van der Waals surface area (Å²) in [4.78, 5) is 12.1. The average Bonchev–Trinajstić information content (AvgIpc) is 2.97. The Kier molecular flexibility index (Phi) is 13.4. The number of ether oxygens (including phenoxy) is 3. The van der Waals surface area contributed by atoms with Crippen molar-refractivity contribution < 1.29 is 36.2 Å². The summed E-state index contributed by atoms with van der Waals surface area (Å²) in [6.07, 6.45) is -0.325. The van der Waals surface area contributed by atoms with Gasteiger partial charge in [0.2, 0.25) is 5.91 Å². The van der Waals surface area contributed by atoms with E-state index in [1.165, 1.54) is 64.7 Å². The molecule has 0 aromatic heterocycles. The Morgan fingerprint density at radius 1 is 0.850 bits per heavy atom. The Bertz CT molecular complexity index is 1360. The fraction of sp³-hybridized carbons (Fsp3) is 0.345. The molecule has 40 heavy (non-hydrogen) atoms. The molecule has 3 aromatic carbocycles. The van der Waals surface area contributed by atoms with Crippen LogP contribution in [0.25, 0.3) is 0 Å². The van der Waals surface area contributed by atoms with Crippen molar-refractivity contribution >= 4 is 21.6 Å². The van der Waals surface area contributed by atoms with Gasteiger partial charge in [0.05, 0.1) is 31.9 Å². The molecule has 8 nitrogen and oxygen atoms in total. The van der Waals surface area contributed by atoms with Gasteiger partial charge >= 0.3 is 0 Å². The maximum absolute atomic E-state index is 14.5. The first-order valence-corrected chi connectivity index (χ1v) is 14.1. The van der Waals surface area contributed by atoms with E-state index in [1.54, 1.807) is 6.07 Å². The number of methoxy groups -OCH3 is 3. The lowest BCUT2D eigenvalue weighted by Crippen LogP contribution is -2.47. The number of nitrogens with two attached hydrogens (primary N) is 1. The van der Waals surface area contributed by atoms with Crippen LogP contribution in [0, 0.1) is 11.6 Å². The molecule has 0 spiro atoms. The van der Waals surface area contributed by atoms with E-state index >= 15 is 0 Å². The van der Waals surface area contributed by atoms with Crippen molar-refractivity contribution in [3.63, 3.8) is 0 Å². The molecule has 1 amide bonds. The zero-order chi connectivity index (χ0) is 30.6. The van der Waals surface area contributed by atoms with Gasteiger partial charge in [0.15, 0.2) is 11.5 Å². The molecule has 3 aromatic rings. The Balaban J connectivity index is 0.00000191. The minimum Gasteiger partial charge on any atom is -0.495 e. The third-order valence-corrected chi connectivity index (χ3v) is 7.49. The summed E-state index contributed by atoms with van der Waals surface area (Å²) in [6.45, 7) is 9.31. The summed E-state index contributed by atoms with van der Waals surface area (Å²) < 4.78 is 73.5. The van der Waals surface area contributed by atoms with Gasteiger partial charge in [0.25, 0.3) is 10.0 Å². The molecule has 1 atom stereocenters. The van der Waals surface area contributed by atoms with Gasteiger partial charge < -0.3 is 19.9 Å². The number of para-hydroxylation sites is 1. The molecule has 0 saturated heterocycles. The predicted molar refractivity (Wildman–Crippen MR) is 153 cm³/mol. The number of benzene rings is 3. The standard InChI is InChI=1S/C25H26F2N2O6S.2C2H6/c1-15(25(28)30)29(36(31,32)17-11-12-21(33-2)23(14-17)35-4)24-16(7-5-10-22(24)34-3)13-18-19(26)8-6-9-20(18)27;2*1-2/h5-12,14-15H,13H2,1-4H3,(H2,28,30);2*1-2H3/t15-;;/m1../s1. The van der Waals surface area contributed by atoms with Gasteiger partial charge in [0.1, 0.15) is 23.4 Å². The number of primary amides is 1. The molecule has 0 aliphatic carbocycles. The number of hydrogen-bond acceptors (Lipinski definition) is 6. The number of amides is 1. The van der Waals surface area contributed by atoms with Gasteiger partial charge in [0, 0.05) is 18.1 Å². The van der Waals surface area contributed by atoms with Crippen molar-refractivity contribution in [3.8, 4) is 17.2 Å². The molecule has 3 rings (SSSR count). The second-order valence-corrected chi connectivity index (χ2v) is 9.56. The fourth-order valence-corrected chi connectivity index (χ4v) is 5.44. The fourth-order valence-electron chi connectivity index (χ4n) is 3.75. The number of anilines is 1. The maximum atomic E-state index is 14.5. The van der Waals surface area contributed by atoms with E-state index in [0.29, 0.717) is 5.75 Å². The first kappa shape index (κ1) is 34.2. The molecule has 11 heteroatoms. The van der Waals surface area contributed by atoms with Crippen LogP contribution in [0.4, 0.5) is 14.5 Å². The Morgan fingerprint density at radius 3 is 1.88 bits per heavy atom. The lowest BCUT2D eigenvalue weighted by atomic mass is 10.0. The first-order chi connectivity index (χ1) is 19.1. The zero-order valence-corrected chi connectivity index (χ0v) is 24.9. The highest BCUT2D eigenvalue weighted by Crippen LogP contribution is 2.40. The summed E-state index contributed by atoms with van der Waals surface area (Å²) in [5, 5.41) is 0. The van der Waals surface area contributed by atoms with Crippen molar-refractivity contribution in [1.29, 1.82) is 0 Å². The summed E-state index contributed by atoms with van der Waals surface area (Å²) in [5.41, 5.74) is 5.38. The zero-order valence-electron chi connectivity index (χ0n) is 24.1. The van der Waals surface area contributed by atoms with Gasteiger partial charge in [-0.1, -0.05) is 45.9 Å². The average molecular weight is 581 g/mol. The smallest absolute Gasteiger partial charge is 0.265 e. The number of carbonyl (C=O) groups is 1. The number of hydrogen-bond donors (Lipinski definition) is 1. The van der Waals surface area contributed by atoms with Crippen LogP contribution in [0.15, 0.2) is 59.5 Å². The van der Waals surface area contributed by atoms with Crippen molar-refractivity contribution in [2.75, 3.05) is 25.6 Å². The minimum atomic E-state index is -4.49. The third-order valence-electron chi connectivity index (χ3n) is 5.63. The summed E-state index contributed by atoms with van der Waals surface area (Å²) in [6, 6.07) is 10.5. The maximum Gasteiger partial charge on any atom is 0.265 e. The lowest BCUT2D eigenvalue weighted by Gasteiger charge is -2.32. The van der Waals surface area contributed by atoms with E-state index in [1.807, 2.05) is 27.7 Å². The number of halogens is 2. The minimum absolute atomic E-state index is 0.0569. The molecule has 0 aliphatic heterocycles. The molecular formula is C29H38F2N2O6S. The van der Waals surface area contributed by atoms with Gasteiger partial charge in [-0.25, -0.2) is 17.2 Å². The number of nitrogens with zero attached hydrogens (tertiary/aromatic N) is 1. The lowest BCUT2D eigenvalue weighted by molar-refractivity contribution is -0.118. The topological polar surface area (TPSA) is 108 Å². The molecule has 0 fully saturated rings. The second-order valence-electron chi connectivity index (χ2n) is 7.74. The van der Waals surface area contributed by atoms with Crippen LogP contribution in [0.1, 0.15) is 45.7 Å². The summed E-state index contributed by atoms with van der Waals surface area (Å²) >= 11 is 0. The Labute approximate surface area is 235 Å². The SMILES string of the molecule is CC.CC.COc1ccc(S(=O)(=O)N(c2c(Cc3c(F)cccc3F)cccc2OC)[C@H](C)C(N)=O)cc1OC. The van der Waals surface area contributed by atoms with Crippen LogP contribution in [-0.2, 0) is 21.2 Å². The van der Waals surface area contributed by atoms with Gasteiger partial charge in [-0.3, -0.25) is 9.10 Å². The van der Waals surface area contributed by atoms with E-state index in [-0.39, 0.29) is 39.6 Å². The van der Waals surface area contributed by atoms with Gasteiger partial charge in [-0.05, 0) is 42.8 Å². The van der Waals surface area contributed by atoms with Gasteiger partial charge in [-0.15, -0.1) is 0 Å². The molecule has 220 valence electrons. The highest BCUT2D eigenvalue weighted by molar-refractivity contribution is 7.93. The molecule has 2 N–H and O–H groups in total. The third kappa shape index (κ3) is 7.41. The van der Waals surface area contributed by atoms with E-state index in [4.69, 9.17) is 19.9 Å². The van der Waals surface area contributed by atoms with Crippen molar-refractivity contribution in [2.45, 2.75) is 52.0 Å². The highest BCUT2D eigenvalue weighted by Gasteiger charge is 2.36. The molecule has 0 aliphatic rings. The van der Waals surface area contributed by atoms with Crippen LogP contribution in [0.2, 0.25) is 0 Å². The number of carbonyl (C=O) groups excluding carboxylic acids is 1. The van der Waals surface area contributed by atoms with Crippen molar-refractivity contribution in [3.05, 3.63) is 77.4 Å². The first-order valence-electron chi connectivity index (χ1n) is 12.7. The van der Waals surface area contributed by atoms with Crippen molar-refractivity contribution in [2.24, 2.45) is 5.73 Å². The van der Waals surface area contributed by atoms with Crippen LogP contribution in [0.5, 0.6) is 17.2 Å². The second kappa shape index (κ2) is 15.7. The molecule has 0 saturated carbocycles. The molecule has 0 heterocycles. The van der Waals surface area contributed by atoms with E-state index < -0.39 is 33.6 Å². The summed E-state index contributed by atoms with van der Waals surface area (Å²) in [5.74, 6) is -2.07. The van der Waals surface area contributed by atoms with Crippen LogP contribution in [-0.4, -0.2) is 41.7 Å². The Hall–Kier alpha value is -3.86. The van der Waals surface area contributed by atoms with E-state index in [2.05, 4.69) is 0 Å². The van der Waals surface area contributed by atoms with Crippen LogP contribution in [0.3, 0.4) is 0 Å². The van der Waals surface area contributed by atoms with Crippen LogP contribution < -0.4 is 24.2 Å². The Morgan fingerprint density at radius 2 is 1.38 bits per heavy atom. The molecule has 0 unspecified atom stereocenters. The number of rotatable bonds is 10. The van der Waals surface area contributed by atoms with Crippen LogP contribution >= 0.6 is 0 Å². The molecule has 0 bridgehead atoms. The van der Waals surface area contributed by atoms with Crippen molar-refractivity contribution in [1.82, 2.24) is 0 Å². The molecule has 0 radical (unpaired) electrons.